The zero-order valence-electron chi connectivity index (χ0n) is 13.8. The third kappa shape index (κ3) is 4.73. The fourth-order valence-electron chi connectivity index (χ4n) is 3.25. The van der Waals surface area contributed by atoms with Crippen LogP contribution in [0.1, 0.15) is 47.0 Å². The van der Waals surface area contributed by atoms with E-state index in [1.807, 2.05) is 0 Å². The number of hydrogen-bond donors (Lipinski definition) is 1. The van der Waals surface area contributed by atoms with E-state index in [-0.39, 0.29) is 0 Å². The molecule has 0 aliphatic carbocycles. The highest BCUT2D eigenvalue weighted by atomic mass is 15.3. The Kier molecular flexibility index (Phi) is 7.33. The second-order valence-electron chi connectivity index (χ2n) is 6.31. The smallest absolute Gasteiger partial charge is 0.0113 e. The van der Waals surface area contributed by atoms with Crippen molar-refractivity contribution in [1.82, 2.24) is 15.1 Å². The van der Waals surface area contributed by atoms with Crippen LogP contribution >= 0.6 is 0 Å². The summed E-state index contributed by atoms with van der Waals surface area (Å²) in [6, 6.07) is 0.751. The molecule has 3 nitrogen and oxygen atoms in total. The second kappa shape index (κ2) is 8.23. The van der Waals surface area contributed by atoms with Crippen molar-refractivity contribution >= 4 is 0 Å². The average Bonchev–Trinajstić information content (AvgIpc) is 2.46. The van der Waals surface area contributed by atoms with Crippen LogP contribution in [0, 0.1) is 5.41 Å². The van der Waals surface area contributed by atoms with Crippen LogP contribution in [0.3, 0.4) is 0 Å². The third-order valence-corrected chi connectivity index (χ3v) is 5.23. The lowest BCUT2D eigenvalue weighted by atomic mass is 9.81. The molecule has 0 aromatic carbocycles. The predicted octanol–water partition coefficient (Wildman–Crippen LogP) is 2.43. The van der Waals surface area contributed by atoms with E-state index in [9.17, 15) is 0 Å². The summed E-state index contributed by atoms with van der Waals surface area (Å²) in [6.45, 7) is 16.7. The summed E-state index contributed by atoms with van der Waals surface area (Å²) in [6.07, 6.45) is 3.82. The minimum atomic E-state index is 0.466. The van der Waals surface area contributed by atoms with Crippen molar-refractivity contribution in [1.29, 1.82) is 0 Å². The van der Waals surface area contributed by atoms with E-state index in [2.05, 4.69) is 49.9 Å². The molecule has 0 aromatic heterocycles. The van der Waals surface area contributed by atoms with Gasteiger partial charge in [0.15, 0.2) is 0 Å². The first-order chi connectivity index (χ1) is 9.10. The van der Waals surface area contributed by atoms with Crippen LogP contribution in [0.2, 0.25) is 0 Å². The number of piperazine rings is 1. The first-order valence-corrected chi connectivity index (χ1v) is 8.21. The van der Waals surface area contributed by atoms with Crippen molar-refractivity contribution < 1.29 is 0 Å². The van der Waals surface area contributed by atoms with Gasteiger partial charge in [-0.2, -0.15) is 0 Å². The summed E-state index contributed by atoms with van der Waals surface area (Å²) in [5.74, 6) is 0. The molecule has 0 aromatic rings. The van der Waals surface area contributed by atoms with Crippen LogP contribution in [-0.4, -0.2) is 62.2 Å². The minimum absolute atomic E-state index is 0.466. The van der Waals surface area contributed by atoms with Gasteiger partial charge in [0.2, 0.25) is 0 Å². The zero-order valence-corrected chi connectivity index (χ0v) is 13.8. The van der Waals surface area contributed by atoms with E-state index < -0.39 is 0 Å². The van der Waals surface area contributed by atoms with Gasteiger partial charge in [0.1, 0.15) is 0 Å². The molecule has 1 fully saturated rings. The number of hydrogen-bond acceptors (Lipinski definition) is 3. The van der Waals surface area contributed by atoms with E-state index in [0.717, 1.165) is 12.6 Å². The largest absolute Gasteiger partial charge is 0.319 e. The second-order valence-corrected chi connectivity index (χ2v) is 6.31. The van der Waals surface area contributed by atoms with Gasteiger partial charge in [-0.15, -0.1) is 0 Å². The Morgan fingerprint density at radius 2 is 1.63 bits per heavy atom. The van der Waals surface area contributed by atoms with E-state index in [0.29, 0.717) is 5.41 Å². The molecule has 1 atom stereocenters. The average molecular weight is 269 g/mol. The van der Waals surface area contributed by atoms with Gasteiger partial charge in [-0.3, -0.25) is 4.90 Å². The molecule has 19 heavy (non-hydrogen) atoms. The molecule has 1 aliphatic rings. The molecule has 0 saturated carbocycles. The predicted molar refractivity (Wildman–Crippen MR) is 84.7 cm³/mol. The Morgan fingerprint density at radius 1 is 1.05 bits per heavy atom. The summed E-state index contributed by atoms with van der Waals surface area (Å²) >= 11 is 0. The molecular weight excluding hydrogens is 234 g/mol. The highest BCUT2D eigenvalue weighted by Gasteiger charge is 2.30. The number of rotatable bonds is 8. The molecule has 1 N–H and O–H groups in total. The maximum absolute atomic E-state index is 3.40. The van der Waals surface area contributed by atoms with Gasteiger partial charge in [0.25, 0.3) is 0 Å². The molecule has 3 heteroatoms. The van der Waals surface area contributed by atoms with Crippen molar-refractivity contribution in [3.63, 3.8) is 0 Å². The molecule has 0 amide bonds. The first kappa shape index (κ1) is 16.9. The van der Waals surface area contributed by atoms with Gasteiger partial charge in [0.05, 0.1) is 0 Å². The van der Waals surface area contributed by atoms with Crippen molar-refractivity contribution in [2.24, 2.45) is 5.41 Å². The molecule has 0 radical (unpaired) electrons. The Morgan fingerprint density at radius 3 is 2.05 bits per heavy atom. The van der Waals surface area contributed by atoms with Gasteiger partial charge in [0, 0.05) is 45.3 Å². The number of nitrogens with zero attached hydrogens (tertiary/aromatic N) is 2. The van der Waals surface area contributed by atoms with Gasteiger partial charge in [-0.25, -0.2) is 0 Å². The van der Waals surface area contributed by atoms with E-state index in [1.165, 1.54) is 52.0 Å². The number of nitrogens with one attached hydrogen (secondary N) is 1. The molecule has 1 heterocycles. The third-order valence-electron chi connectivity index (χ3n) is 5.23. The van der Waals surface area contributed by atoms with Gasteiger partial charge in [-0.1, -0.05) is 20.8 Å². The molecule has 1 rings (SSSR count). The maximum Gasteiger partial charge on any atom is 0.0113 e. The molecular formula is C16H35N3. The molecule has 1 unspecified atom stereocenters. The van der Waals surface area contributed by atoms with Crippen LogP contribution in [0.4, 0.5) is 0 Å². The standard InChI is InChI=1S/C16H35N3/c1-6-15(4)19-11-9-18(10-12-19)14-16(7-2,8-3)13-17-5/h15,17H,6-14H2,1-5H3. The maximum atomic E-state index is 3.40. The SMILES string of the molecule is CCC(C)N1CCN(CC(CC)(CC)CNC)CC1. The van der Waals surface area contributed by atoms with E-state index >= 15 is 0 Å². The van der Waals surface area contributed by atoms with Crippen LogP contribution in [-0.2, 0) is 0 Å². The quantitative estimate of drug-likeness (QED) is 0.730. The minimum Gasteiger partial charge on any atom is -0.319 e. The van der Waals surface area contributed by atoms with Crippen LogP contribution in [0.5, 0.6) is 0 Å². The highest BCUT2D eigenvalue weighted by Crippen LogP contribution is 2.27. The summed E-state index contributed by atoms with van der Waals surface area (Å²) in [7, 11) is 2.08. The topological polar surface area (TPSA) is 18.5 Å². The summed E-state index contributed by atoms with van der Waals surface area (Å²) < 4.78 is 0. The van der Waals surface area contributed by atoms with Crippen LogP contribution < -0.4 is 5.32 Å². The lowest BCUT2D eigenvalue weighted by molar-refractivity contribution is 0.0621. The van der Waals surface area contributed by atoms with Crippen molar-refractivity contribution in [3.8, 4) is 0 Å². The Hall–Kier alpha value is -0.120. The summed E-state index contributed by atoms with van der Waals surface area (Å²) in [5, 5.41) is 3.40. The van der Waals surface area contributed by atoms with Crippen molar-refractivity contribution in [2.75, 3.05) is 46.3 Å². The van der Waals surface area contributed by atoms with Gasteiger partial charge < -0.3 is 10.2 Å². The summed E-state index contributed by atoms with van der Waals surface area (Å²) in [5.41, 5.74) is 0.466. The normalized spacial score (nSPS) is 20.7. The van der Waals surface area contributed by atoms with Gasteiger partial charge >= 0.3 is 0 Å². The molecule has 0 spiro atoms. The van der Waals surface area contributed by atoms with Gasteiger partial charge in [-0.05, 0) is 38.6 Å². The molecule has 114 valence electrons. The Bertz CT molecular complexity index is 230. The highest BCUT2D eigenvalue weighted by molar-refractivity contribution is 4.85. The Balaban J connectivity index is 2.46. The first-order valence-electron chi connectivity index (χ1n) is 8.21. The molecule has 0 bridgehead atoms. The van der Waals surface area contributed by atoms with Crippen LogP contribution in [0.25, 0.3) is 0 Å². The Labute approximate surface area is 120 Å². The lowest BCUT2D eigenvalue weighted by Crippen LogP contribution is -2.53. The van der Waals surface area contributed by atoms with Crippen molar-refractivity contribution in [2.45, 2.75) is 53.0 Å². The van der Waals surface area contributed by atoms with E-state index in [4.69, 9.17) is 0 Å². The fourth-order valence-corrected chi connectivity index (χ4v) is 3.25. The fraction of sp³-hybridized carbons (Fsp3) is 1.00. The van der Waals surface area contributed by atoms with Crippen LogP contribution in [0.15, 0.2) is 0 Å². The lowest BCUT2D eigenvalue weighted by Gasteiger charge is -2.42. The molecule has 1 saturated heterocycles. The zero-order chi connectivity index (χ0) is 14.3. The van der Waals surface area contributed by atoms with Crippen molar-refractivity contribution in [3.05, 3.63) is 0 Å². The monoisotopic (exact) mass is 269 g/mol. The summed E-state index contributed by atoms with van der Waals surface area (Å²) in [4.78, 5) is 5.33. The van der Waals surface area contributed by atoms with E-state index in [1.54, 1.807) is 0 Å². The molecule has 1 aliphatic heterocycles.